The van der Waals surface area contributed by atoms with Crippen LogP contribution in [0.15, 0.2) is 24.3 Å². The van der Waals surface area contributed by atoms with Crippen molar-refractivity contribution < 1.29 is 28.6 Å². The van der Waals surface area contributed by atoms with Gasteiger partial charge in [0.1, 0.15) is 17.5 Å². The van der Waals surface area contributed by atoms with Crippen molar-refractivity contribution in [3.63, 3.8) is 0 Å². The lowest BCUT2D eigenvalue weighted by molar-refractivity contribution is -0.149. The van der Waals surface area contributed by atoms with E-state index in [9.17, 15) is 14.4 Å². The summed E-state index contributed by atoms with van der Waals surface area (Å²) in [6.07, 6.45) is 5.95. The molecule has 3 heterocycles. The number of hydrogen-bond donors (Lipinski definition) is 1. The molecule has 1 N–H and O–H groups in total. The predicted octanol–water partition coefficient (Wildman–Crippen LogP) is 1.95. The van der Waals surface area contributed by atoms with Gasteiger partial charge in [0.25, 0.3) is 5.91 Å². The highest BCUT2D eigenvalue weighted by Gasteiger charge is 2.54. The zero-order valence-electron chi connectivity index (χ0n) is 20.4. The molecule has 0 bridgehead atoms. The van der Waals surface area contributed by atoms with Crippen LogP contribution in [-0.2, 0) is 19.1 Å². The summed E-state index contributed by atoms with van der Waals surface area (Å²) in [7, 11) is 1.58. The maximum absolute atomic E-state index is 13.8. The molecule has 5 rings (SSSR count). The summed E-state index contributed by atoms with van der Waals surface area (Å²) >= 11 is 0. The van der Waals surface area contributed by atoms with Crippen molar-refractivity contribution in [3.8, 4) is 5.75 Å². The third-order valence-corrected chi connectivity index (χ3v) is 7.96. The van der Waals surface area contributed by atoms with E-state index in [1.165, 1.54) is 0 Å². The first kappa shape index (κ1) is 24.1. The summed E-state index contributed by atoms with van der Waals surface area (Å²) in [5, 5.41) is 2.98. The summed E-state index contributed by atoms with van der Waals surface area (Å²) in [6, 6.07) is 6.17. The molecule has 1 aromatic carbocycles. The van der Waals surface area contributed by atoms with Crippen LogP contribution in [-0.4, -0.2) is 85.3 Å². The van der Waals surface area contributed by atoms with Gasteiger partial charge >= 0.3 is 0 Å². The summed E-state index contributed by atoms with van der Waals surface area (Å²) in [5.41, 5.74) is -0.431. The molecule has 1 saturated carbocycles. The third kappa shape index (κ3) is 4.76. The Balaban J connectivity index is 1.33. The number of likely N-dealkylation sites (tertiary alicyclic amines) is 1. The van der Waals surface area contributed by atoms with Crippen LogP contribution in [0, 0.1) is 5.92 Å². The molecule has 35 heavy (non-hydrogen) atoms. The zero-order valence-corrected chi connectivity index (χ0v) is 20.4. The van der Waals surface area contributed by atoms with Gasteiger partial charge in [-0.3, -0.25) is 19.3 Å². The van der Waals surface area contributed by atoms with E-state index in [0.29, 0.717) is 50.4 Å². The van der Waals surface area contributed by atoms with Crippen LogP contribution in [0.25, 0.3) is 0 Å². The van der Waals surface area contributed by atoms with Gasteiger partial charge in [0.15, 0.2) is 0 Å². The molecular weight excluding hydrogens is 450 g/mol. The molecule has 0 radical (unpaired) electrons. The monoisotopic (exact) mass is 485 g/mol. The summed E-state index contributed by atoms with van der Waals surface area (Å²) in [6.45, 7) is 2.32. The molecule has 4 fully saturated rings. The lowest BCUT2D eigenvalue weighted by Gasteiger charge is -2.45. The highest BCUT2D eigenvalue weighted by atomic mass is 16.5. The third-order valence-electron chi connectivity index (χ3n) is 7.96. The van der Waals surface area contributed by atoms with Crippen molar-refractivity contribution in [3.05, 3.63) is 29.8 Å². The van der Waals surface area contributed by atoms with Crippen LogP contribution < -0.4 is 10.1 Å². The number of carbonyl (C=O) groups excluding carboxylic acids is 3. The quantitative estimate of drug-likeness (QED) is 0.662. The molecule has 1 aromatic rings. The Morgan fingerprint density at radius 1 is 1.09 bits per heavy atom. The van der Waals surface area contributed by atoms with E-state index in [1.807, 2.05) is 4.90 Å². The van der Waals surface area contributed by atoms with Crippen molar-refractivity contribution in [2.24, 2.45) is 5.92 Å². The van der Waals surface area contributed by atoms with E-state index >= 15 is 0 Å². The van der Waals surface area contributed by atoms with Crippen LogP contribution in [0.2, 0.25) is 0 Å². The number of nitrogens with zero attached hydrogens (tertiary/aromatic N) is 2. The number of rotatable bonds is 6. The molecule has 0 aromatic heterocycles. The second-order valence-corrected chi connectivity index (χ2v) is 10.0. The summed E-state index contributed by atoms with van der Waals surface area (Å²) < 4.78 is 17.1. The minimum Gasteiger partial charge on any atom is -0.497 e. The van der Waals surface area contributed by atoms with Gasteiger partial charge < -0.3 is 24.4 Å². The van der Waals surface area contributed by atoms with Crippen LogP contribution >= 0.6 is 0 Å². The van der Waals surface area contributed by atoms with E-state index in [-0.39, 0.29) is 36.4 Å². The number of nitrogens with one attached hydrogen (secondary N) is 1. The van der Waals surface area contributed by atoms with Crippen molar-refractivity contribution in [2.75, 3.05) is 40.0 Å². The normalized spacial score (nSPS) is 26.0. The Morgan fingerprint density at radius 2 is 1.83 bits per heavy atom. The maximum Gasteiger partial charge on any atom is 0.256 e. The first-order valence-electron chi connectivity index (χ1n) is 12.8. The minimum absolute atomic E-state index is 0.0155. The molecule has 1 spiro atoms. The molecule has 1 aliphatic carbocycles. The maximum atomic E-state index is 13.8. The second kappa shape index (κ2) is 10.1. The molecule has 190 valence electrons. The zero-order chi connectivity index (χ0) is 24.4. The number of methoxy groups -OCH3 is 1. The van der Waals surface area contributed by atoms with E-state index in [4.69, 9.17) is 14.2 Å². The van der Waals surface area contributed by atoms with Gasteiger partial charge in [-0.25, -0.2) is 0 Å². The number of carbonyl (C=O) groups is 3. The van der Waals surface area contributed by atoms with Crippen molar-refractivity contribution in [2.45, 2.75) is 62.8 Å². The smallest absolute Gasteiger partial charge is 0.256 e. The Hall–Kier alpha value is -2.65. The van der Waals surface area contributed by atoms with Gasteiger partial charge in [-0.05, 0) is 49.9 Å². The molecule has 9 heteroatoms. The van der Waals surface area contributed by atoms with Crippen LogP contribution in [0.5, 0.6) is 5.75 Å². The summed E-state index contributed by atoms with van der Waals surface area (Å²) in [4.78, 5) is 43.4. The Bertz CT molecular complexity index is 933. The number of ether oxygens (including phenoxy) is 3. The van der Waals surface area contributed by atoms with Gasteiger partial charge in [-0.2, -0.15) is 0 Å². The summed E-state index contributed by atoms with van der Waals surface area (Å²) in [5.74, 6) is 0.529. The first-order chi connectivity index (χ1) is 17.0. The number of piperidine rings is 1. The van der Waals surface area contributed by atoms with Crippen molar-refractivity contribution >= 4 is 17.7 Å². The average molecular weight is 486 g/mol. The Morgan fingerprint density at radius 3 is 2.43 bits per heavy atom. The molecule has 3 amide bonds. The highest BCUT2D eigenvalue weighted by molar-refractivity contribution is 5.98. The SMILES string of the molecule is COc1ccc(C(=O)N2[C@H](C(=O)NC[C@@H]3CCCO3)COC23CCN(C(=O)C2CCC2)CC3)cc1. The van der Waals surface area contributed by atoms with Gasteiger partial charge in [-0.15, -0.1) is 0 Å². The molecule has 0 unspecified atom stereocenters. The molecule has 3 saturated heterocycles. The van der Waals surface area contributed by atoms with E-state index in [2.05, 4.69) is 5.32 Å². The van der Waals surface area contributed by atoms with Crippen molar-refractivity contribution in [1.29, 1.82) is 0 Å². The lowest BCUT2D eigenvalue weighted by Crippen LogP contribution is -2.60. The predicted molar refractivity (Wildman–Crippen MR) is 127 cm³/mol. The van der Waals surface area contributed by atoms with Crippen LogP contribution in [0.1, 0.15) is 55.3 Å². The van der Waals surface area contributed by atoms with Gasteiger partial charge in [-0.1, -0.05) is 6.42 Å². The van der Waals surface area contributed by atoms with Crippen LogP contribution in [0.4, 0.5) is 0 Å². The molecule has 3 aliphatic heterocycles. The fourth-order valence-electron chi connectivity index (χ4n) is 5.57. The number of amides is 3. The number of benzene rings is 1. The topological polar surface area (TPSA) is 97.4 Å². The van der Waals surface area contributed by atoms with Gasteiger partial charge in [0, 0.05) is 50.6 Å². The van der Waals surface area contributed by atoms with E-state index in [0.717, 1.165) is 32.1 Å². The average Bonchev–Trinajstić information content (AvgIpc) is 3.50. The Labute approximate surface area is 206 Å². The second-order valence-electron chi connectivity index (χ2n) is 10.0. The Kier molecular flexibility index (Phi) is 6.98. The lowest BCUT2D eigenvalue weighted by atomic mass is 9.83. The van der Waals surface area contributed by atoms with E-state index in [1.54, 1.807) is 36.3 Å². The first-order valence-corrected chi connectivity index (χ1v) is 12.8. The molecular formula is C26H35N3O6. The molecule has 4 aliphatic rings. The molecule has 2 atom stereocenters. The fraction of sp³-hybridized carbons (Fsp3) is 0.654. The van der Waals surface area contributed by atoms with Gasteiger partial charge in [0.2, 0.25) is 11.8 Å². The van der Waals surface area contributed by atoms with Crippen LogP contribution in [0.3, 0.4) is 0 Å². The minimum atomic E-state index is -0.904. The van der Waals surface area contributed by atoms with E-state index < -0.39 is 11.8 Å². The highest BCUT2D eigenvalue weighted by Crippen LogP contribution is 2.40. The van der Waals surface area contributed by atoms with Gasteiger partial charge in [0.05, 0.1) is 19.8 Å². The standard InChI is InChI=1S/C26H35N3O6/c1-33-20-9-7-19(8-10-20)25(32)29-22(23(30)27-16-21-6-3-15-34-21)17-35-26(29)11-13-28(14-12-26)24(31)18-4-2-5-18/h7-10,18,21-22H,2-6,11-17H2,1H3,(H,27,30)/t21-,22-/m0/s1. The fourth-order valence-corrected chi connectivity index (χ4v) is 5.57. The van der Waals surface area contributed by atoms with Crippen molar-refractivity contribution in [1.82, 2.24) is 15.1 Å². The number of hydrogen-bond acceptors (Lipinski definition) is 6. The largest absolute Gasteiger partial charge is 0.497 e. The molecule has 9 nitrogen and oxygen atoms in total.